The highest BCUT2D eigenvalue weighted by molar-refractivity contribution is 5.77. The van der Waals surface area contributed by atoms with Crippen LogP contribution in [0.2, 0.25) is 0 Å². The minimum atomic E-state index is -0.321. The lowest BCUT2D eigenvalue weighted by Crippen LogP contribution is -2.24. The smallest absolute Gasteiger partial charge is 0.250 e. The average Bonchev–Trinajstić information content (AvgIpc) is 2.83. The van der Waals surface area contributed by atoms with E-state index in [9.17, 15) is 4.79 Å². The molecule has 0 bridgehead atoms. The van der Waals surface area contributed by atoms with Crippen molar-refractivity contribution in [2.45, 2.75) is 6.42 Å². The number of likely N-dealkylation sites (N-methyl/N-ethyl adjacent to an activating group) is 1. The average molecular weight is 230 g/mol. The van der Waals surface area contributed by atoms with Crippen molar-refractivity contribution in [1.29, 1.82) is 0 Å². The fraction of sp³-hybridized carbons (Fsp3) is 0.154. The minimum Gasteiger partial charge on any atom is -0.324 e. The molecule has 1 amide bonds. The van der Waals surface area contributed by atoms with Crippen LogP contribution in [0.3, 0.4) is 0 Å². The maximum Gasteiger partial charge on any atom is 0.250 e. The molecule has 0 atom stereocenters. The van der Waals surface area contributed by atoms with E-state index in [1.54, 1.807) is 0 Å². The van der Waals surface area contributed by atoms with Gasteiger partial charge >= 0.3 is 0 Å². The summed E-state index contributed by atoms with van der Waals surface area (Å²) in [5.74, 6) is -0.321. The third kappa shape index (κ3) is 2.73. The molecule has 0 radical (unpaired) electrons. The van der Waals surface area contributed by atoms with Gasteiger partial charge in [0.2, 0.25) is 5.91 Å². The summed E-state index contributed by atoms with van der Waals surface area (Å²) in [5, 5.41) is 9.58. The highest BCUT2D eigenvalue weighted by atomic mass is 16.5. The number of aromatic nitrogens is 1. The van der Waals surface area contributed by atoms with Gasteiger partial charge in [0, 0.05) is 25.1 Å². The SMILES string of the molecule is CN(O)C(=O)Cc1ccc(-n2cccc2)cc1. The largest absolute Gasteiger partial charge is 0.324 e. The molecule has 4 heteroatoms. The van der Waals surface area contributed by atoms with Gasteiger partial charge in [-0.3, -0.25) is 10.0 Å². The van der Waals surface area contributed by atoms with Crippen LogP contribution in [-0.2, 0) is 11.2 Å². The monoisotopic (exact) mass is 230 g/mol. The lowest BCUT2D eigenvalue weighted by molar-refractivity contribution is -0.158. The Bertz CT molecular complexity index is 487. The van der Waals surface area contributed by atoms with Crippen LogP contribution in [0.15, 0.2) is 48.8 Å². The van der Waals surface area contributed by atoms with E-state index in [1.807, 2.05) is 53.4 Å². The molecule has 1 heterocycles. The molecule has 0 aliphatic rings. The van der Waals surface area contributed by atoms with Crippen molar-refractivity contribution in [3.8, 4) is 5.69 Å². The number of rotatable bonds is 3. The van der Waals surface area contributed by atoms with Crippen LogP contribution >= 0.6 is 0 Å². The Hall–Kier alpha value is -2.07. The molecule has 0 spiro atoms. The number of nitrogens with zero attached hydrogens (tertiary/aromatic N) is 2. The molecule has 17 heavy (non-hydrogen) atoms. The first-order valence-corrected chi connectivity index (χ1v) is 5.34. The van der Waals surface area contributed by atoms with Crippen LogP contribution < -0.4 is 0 Å². The van der Waals surface area contributed by atoms with Crippen molar-refractivity contribution in [3.63, 3.8) is 0 Å². The normalized spacial score (nSPS) is 10.2. The number of hydrogen-bond donors (Lipinski definition) is 1. The van der Waals surface area contributed by atoms with Crippen LogP contribution in [0.1, 0.15) is 5.56 Å². The fourth-order valence-electron chi connectivity index (χ4n) is 1.58. The van der Waals surface area contributed by atoms with Crippen molar-refractivity contribution in [3.05, 3.63) is 54.4 Å². The van der Waals surface area contributed by atoms with E-state index < -0.39 is 0 Å². The molecule has 0 saturated carbocycles. The van der Waals surface area contributed by atoms with E-state index in [4.69, 9.17) is 5.21 Å². The van der Waals surface area contributed by atoms with Crippen molar-refractivity contribution < 1.29 is 10.0 Å². The number of hydroxylamine groups is 2. The minimum absolute atomic E-state index is 0.207. The Kier molecular flexibility index (Phi) is 3.25. The number of carbonyl (C=O) groups is 1. The third-order valence-electron chi connectivity index (χ3n) is 2.56. The van der Waals surface area contributed by atoms with Gasteiger partial charge in [-0.05, 0) is 29.8 Å². The zero-order valence-corrected chi connectivity index (χ0v) is 9.58. The molecule has 88 valence electrons. The van der Waals surface area contributed by atoms with Gasteiger partial charge in [-0.2, -0.15) is 0 Å². The Balaban J connectivity index is 2.11. The van der Waals surface area contributed by atoms with Crippen LogP contribution in [0.25, 0.3) is 5.69 Å². The molecule has 0 saturated heterocycles. The molecule has 0 unspecified atom stereocenters. The molecular formula is C13H14N2O2. The van der Waals surface area contributed by atoms with Crippen molar-refractivity contribution in [2.75, 3.05) is 7.05 Å². The molecule has 1 aromatic heterocycles. The molecule has 0 aliphatic carbocycles. The van der Waals surface area contributed by atoms with E-state index in [1.165, 1.54) is 7.05 Å². The number of carbonyl (C=O) groups excluding carboxylic acids is 1. The Morgan fingerprint density at radius 2 is 1.82 bits per heavy atom. The van der Waals surface area contributed by atoms with E-state index in [0.717, 1.165) is 11.3 Å². The molecule has 0 aliphatic heterocycles. The van der Waals surface area contributed by atoms with Crippen molar-refractivity contribution >= 4 is 5.91 Å². The topological polar surface area (TPSA) is 45.5 Å². The second-order valence-corrected chi connectivity index (χ2v) is 3.85. The summed E-state index contributed by atoms with van der Waals surface area (Å²) in [7, 11) is 1.33. The van der Waals surface area contributed by atoms with E-state index in [0.29, 0.717) is 5.06 Å². The molecular weight excluding hydrogens is 216 g/mol. The van der Waals surface area contributed by atoms with Gasteiger partial charge in [-0.25, -0.2) is 5.06 Å². The first-order valence-electron chi connectivity index (χ1n) is 5.34. The maximum atomic E-state index is 11.3. The summed E-state index contributed by atoms with van der Waals surface area (Å²) in [4.78, 5) is 11.3. The van der Waals surface area contributed by atoms with Gasteiger partial charge in [0.05, 0.1) is 6.42 Å². The van der Waals surface area contributed by atoms with Gasteiger partial charge < -0.3 is 4.57 Å². The zero-order valence-electron chi connectivity index (χ0n) is 9.58. The summed E-state index contributed by atoms with van der Waals surface area (Å²) >= 11 is 0. The summed E-state index contributed by atoms with van der Waals surface area (Å²) in [5.41, 5.74) is 1.93. The van der Waals surface area contributed by atoms with Crippen molar-refractivity contribution in [2.24, 2.45) is 0 Å². The zero-order chi connectivity index (χ0) is 12.3. The maximum absolute atomic E-state index is 11.3. The summed E-state index contributed by atoms with van der Waals surface area (Å²) in [6.45, 7) is 0. The van der Waals surface area contributed by atoms with Crippen LogP contribution in [0.4, 0.5) is 0 Å². The first-order chi connectivity index (χ1) is 8.16. The van der Waals surface area contributed by atoms with Gasteiger partial charge in [0.1, 0.15) is 0 Å². The van der Waals surface area contributed by atoms with Crippen LogP contribution in [-0.4, -0.2) is 27.8 Å². The van der Waals surface area contributed by atoms with Crippen LogP contribution in [0.5, 0.6) is 0 Å². The lowest BCUT2D eigenvalue weighted by Gasteiger charge is -2.09. The Labute approximate surface area is 99.7 Å². The number of amides is 1. The number of hydrogen-bond acceptors (Lipinski definition) is 2. The van der Waals surface area contributed by atoms with Crippen molar-refractivity contribution in [1.82, 2.24) is 9.63 Å². The predicted molar refractivity (Wildman–Crippen MR) is 64.0 cm³/mol. The van der Waals surface area contributed by atoms with Crippen LogP contribution in [0, 0.1) is 0 Å². The Morgan fingerprint density at radius 1 is 1.24 bits per heavy atom. The molecule has 2 aromatic rings. The molecule has 0 fully saturated rings. The van der Waals surface area contributed by atoms with Gasteiger partial charge in [0.15, 0.2) is 0 Å². The quantitative estimate of drug-likeness (QED) is 0.646. The highest BCUT2D eigenvalue weighted by Crippen LogP contribution is 2.10. The fourth-order valence-corrected chi connectivity index (χ4v) is 1.58. The molecule has 2 rings (SSSR count). The Morgan fingerprint density at radius 3 is 2.35 bits per heavy atom. The first kappa shape index (κ1) is 11.4. The second-order valence-electron chi connectivity index (χ2n) is 3.85. The van der Waals surface area contributed by atoms with E-state index in [-0.39, 0.29) is 12.3 Å². The second kappa shape index (κ2) is 4.84. The molecule has 1 N–H and O–H groups in total. The van der Waals surface area contributed by atoms with Gasteiger partial charge in [0.25, 0.3) is 0 Å². The number of benzene rings is 1. The van der Waals surface area contributed by atoms with E-state index >= 15 is 0 Å². The summed E-state index contributed by atoms with van der Waals surface area (Å²) in [6, 6.07) is 11.6. The summed E-state index contributed by atoms with van der Waals surface area (Å²) in [6.07, 6.45) is 4.13. The van der Waals surface area contributed by atoms with E-state index in [2.05, 4.69) is 0 Å². The standard InChI is InChI=1S/C13H14N2O2/c1-14(17)13(16)10-11-4-6-12(7-5-11)15-8-2-3-9-15/h2-9,17H,10H2,1H3. The predicted octanol–water partition coefficient (Wildman–Crippen LogP) is 1.87. The van der Waals surface area contributed by atoms with Gasteiger partial charge in [-0.1, -0.05) is 12.1 Å². The molecule has 1 aromatic carbocycles. The molecule has 4 nitrogen and oxygen atoms in total. The summed E-state index contributed by atoms with van der Waals surface area (Å²) < 4.78 is 1.99. The van der Waals surface area contributed by atoms with Gasteiger partial charge in [-0.15, -0.1) is 0 Å². The highest BCUT2D eigenvalue weighted by Gasteiger charge is 2.06. The lowest BCUT2D eigenvalue weighted by atomic mass is 10.1. The third-order valence-corrected chi connectivity index (χ3v) is 2.56.